The van der Waals surface area contributed by atoms with Crippen molar-refractivity contribution in [1.82, 2.24) is 15.6 Å². The summed E-state index contributed by atoms with van der Waals surface area (Å²) in [5.74, 6) is 2.14. The molecule has 0 aliphatic heterocycles. The highest BCUT2D eigenvalue weighted by atomic mass is 127. The molecular weight excluding hydrogens is 455 g/mol. The third kappa shape index (κ3) is 7.86. The van der Waals surface area contributed by atoms with E-state index in [9.17, 15) is 0 Å². The van der Waals surface area contributed by atoms with Crippen LogP contribution in [0.3, 0.4) is 0 Å². The van der Waals surface area contributed by atoms with Gasteiger partial charge in [-0.05, 0) is 19.1 Å². The molecule has 0 fully saturated rings. The van der Waals surface area contributed by atoms with E-state index in [0.29, 0.717) is 25.6 Å². The van der Waals surface area contributed by atoms with E-state index < -0.39 is 0 Å². The first-order valence-corrected chi connectivity index (χ1v) is 8.60. The lowest BCUT2D eigenvalue weighted by molar-refractivity contribution is 0.359. The molecule has 1 aromatic heterocycles. The fraction of sp³-hybridized carbons (Fsp3) is 0.300. The Morgan fingerprint density at radius 1 is 1.19 bits per heavy atom. The zero-order valence-corrected chi connectivity index (χ0v) is 18.1. The van der Waals surface area contributed by atoms with Crippen molar-refractivity contribution in [3.8, 4) is 11.6 Å². The van der Waals surface area contributed by atoms with Gasteiger partial charge in [-0.25, -0.2) is 9.98 Å². The molecule has 0 radical (unpaired) electrons. The lowest BCUT2D eigenvalue weighted by atomic mass is 10.2. The number of benzene rings is 1. The van der Waals surface area contributed by atoms with Gasteiger partial charge >= 0.3 is 0 Å². The van der Waals surface area contributed by atoms with E-state index in [1.165, 1.54) is 0 Å². The molecule has 0 amide bonds. The van der Waals surface area contributed by atoms with Crippen molar-refractivity contribution >= 4 is 29.9 Å². The molecule has 1 aromatic carbocycles. The monoisotopic (exact) mass is 482 g/mol. The molecule has 27 heavy (non-hydrogen) atoms. The Morgan fingerprint density at radius 2 is 2.00 bits per heavy atom. The van der Waals surface area contributed by atoms with Gasteiger partial charge in [0.2, 0.25) is 5.88 Å². The second-order valence-corrected chi connectivity index (χ2v) is 5.43. The van der Waals surface area contributed by atoms with Gasteiger partial charge in [0.15, 0.2) is 5.96 Å². The lowest BCUT2D eigenvalue weighted by Crippen LogP contribution is -2.37. The van der Waals surface area contributed by atoms with E-state index in [1.807, 2.05) is 49.4 Å². The first kappa shape index (κ1) is 22.8. The van der Waals surface area contributed by atoms with Gasteiger partial charge in [-0.1, -0.05) is 36.9 Å². The Morgan fingerprint density at radius 3 is 2.74 bits per heavy atom. The summed E-state index contributed by atoms with van der Waals surface area (Å²) in [4.78, 5) is 9.03. The van der Waals surface area contributed by atoms with Crippen molar-refractivity contribution in [2.24, 2.45) is 4.99 Å². The minimum absolute atomic E-state index is 0. The molecule has 0 saturated carbocycles. The van der Waals surface area contributed by atoms with Crippen molar-refractivity contribution in [3.63, 3.8) is 0 Å². The number of nitrogens with one attached hydrogen (secondary N) is 2. The molecule has 0 bridgehead atoms. The van der Waals surface area contributed by atoms with Crippen LogP contribution in [0.2, 0.25) is 0 Å². The molecule has 0 spiro atoms. The summed E-state index contributed by atoms with van der Waals surface area (Å²) in [6.07, 6.45) is 1.73. The van der Waals surface area contributed by atoms with Gasteiger partial charge in [0.25, 0.3) is 0 Å². The summed E-state index contributed by atoms with van der Waals surface area (Å²) in [5.41, 5.74) is 1.90. The Hall–Kier alpha value is -2.29. The SMILES string of the molecule is C=CCOc1ccccc1CN=C(NCC)NCc1cccc(OC)n1.I. The molecule has 1 heterocycles. The maximum atomic E-state index is 5.68. The van der Waals surface area contributed by atoms with E-state index in [1.54, 1.807) is 13.2 Å². The zero-order valence-electron chi connectivity index (χ0n) is 15.8. The Balaban J connectivity index is 0.00000364. The normalized spacial score (nSPS) is 10.5. The van der Waals surface area contributed by atoms with Gasteiger partial charge in [0, 0.05) is 18.2 Å². The summed E-state index contributed by atoms with van der Waals surface area (Å²) >= 11 is 0. The van der Waals surface area contributed by atoms with Crippen molar-refractivity contribution in [1.29, 1.82) is 0 Å². The van der Waals surface area contributed by atoms with Crippen molar-refractivity contribution < 1.29 is 9.47 Å². The van der Waals surface area contributed by atoms with Gasteiger partial charge < -0.3 is 20.1 Å². The molecule has 0 aliphatic rings. The number of aliphatic imine (C=N–C) groups is 1. The maximum Gasteiger partial charge on any atom is 0.213 e. The first-order chi connectivity index (χ1) is 12.8. The summed E-state index contributed by atoms with van der Waals surface area (Å²) in [6, 6.07) is 13.6. The van der Waals surface area contributed by atoms with Gasteiger partial charge in [-0.3, -0.25) is 0 Å². The first-order valence-electron chi connectivity index (χ1n) is 8.60. The lowest BCUT2D eigenvalue weighted by Gasteiger charge is -2.12. The number of methoxy groups -OCH3 is 1. The zero-order chi connectivity index (χ0) is 18.6. The van der Waals surface area contributed by atoms with E-state index in [2.05, 4.69) is 27.2 Å². The number of hydrogen-bond acceptors (Lipinski definition) is 4. The van der Waals surface area contributed by atoms with Crippen LogP contribution in [-0.2, 0) is 13.1 Å². The van der Waals surface area contributed by atoms with E-state index in [0.717, 1.165) is 29.5 Å². The van der Waals surface area contributed by atoms with Crippen LogP contribution in [0.1, 0.15) is 18.2 Å². The Labute approximate surface area is 178 Å². The van der Waals surface area contributed by atoms with Gasteiger partial charge in [-0.2, -0.15) is 0 Å². The number of aromatic nitrogens is 1. The summed E-state index contributed by atoms with van der Waals surface area (Å²) in [7, 11) is 1.61. The highest BCUT2D eigenvalue weighted by Gasteiger charge is 2.04. The molecule has 2 N–H and O–H groups in total. The van der Waals surface area contributed by atoms with Crippen LogP contribution >= 0.6 is 24.0 Å². The van der Waals surface area contributed by atoms with E-state index in [-0.39, 0.29) is 24.0 Å². The number of para-hydroxylation sites is 1. The fourth-order valence-electron chi connectivity index (χ4n) is 2.27. The number of ether oxygens (including phenoxy) is 2. The summed E-state index contributed by atoms with van der Waals surface area (Å²) in [5, 5.41) is 6.52. The quantitative estimate of drug-likeness (QED) is 0.248. The third-order valence-electron chi connectivity index (χ3n) is 3.51. The standard InChI is InChI=1S/C20H26N4O2.HI/c1-4-13-26-18-11-7-6-9-16(18)14-22-20(21-5-2)23-15-17-10-8-12-19(24-17)25-3;/h4,6-12H,1,5,13-15H2,2-3H3,(H2,21,22,23);1H. The minimum atomic E-state index is 0. The van der Waals surface area contributed by atoms with Crippen LogP contribution in [-0.4, -0.2) is 31.2 Å². The number of guanidine groups is 1. The summed E-state index contributed by atoms with van der Waals surface area (Å²) in [6.45, 7) is 8.02. The smallest absolute Gasteiger partial charge is 0.213 e. The van der Waals surface area contributed by atoms with Crippen molar-refractivity contribution in [2.75, 3.05) is 20.3 Å². The second-order valence-electron chi connectivity index (χ2n) is 5.43. The van der Waals surface area contributed by atoms with Crippen LogP contribution in [0.25, 0.3) is 0 Å². The number of nitrogens with zero attached hydrogens (tertiary/aromatic N) is 2. The molecule has 0 unspecified atom stereocenters. The number of rotatable bonds is 9. The van der Waals surface area contributed by atoms with Crippen LogP contribution < -0.4 is 20.1 Å². The maximum absolute atomic E-state index is 5.68. The van der Waals surface area contributed by atoms with E-state index in [4.69, 9.17) is 9.47 Å². The minimum Gasteiger partial charge on any atom is -0.489 e. The topological polar surface area (TPSA) is 67.8 Å². The third-order valence-corrected chi connectivity index (χ3v) is 3.51. The van der Waals surface area contributed by atoms with Gasteiger partial charge in [-0.15, -0.1) is 24.0 Å². The molecule has 0 atom stereocenters. The van der Waals surface area contributed by atoms with Gasteiger partial charge in [0.1, 0.15) is 12.4 Å². The van der Waals surface area contributed by atoms with Crippen LogP contribution in [0, 0.1) is 0 Å². The predicted octanol–water partition coefficient (Wildman–Crippen LogP) is 3.53. The molecule has 2 rings (SSSR count). The fourth-order valence-corrected chi connectivity index (χ4v) is 2.27. The largest absolute Gasteiger partial charge is 0.489 e. The molecule has 2 aromatic rings. The predicted molar refractivity (Wildman–Crippen MR) is 120 cm³/mol. The Kier molecular flexibility index (Phi) is 10.9. The number of pyridine rings is 1. The van der Waals surface area contributed by atoms with E-state index >= 15 is 0 Å². The van der Waals surface area contributed by atoms with Crippen LogP contribution in [0.4, 0.5) is 0 Å². The van der Waals surface area contributed by atoms with Crippen LogP contribution in [0.15, 0.2) is 60.1 Å². The Bertz CT molecular complexity index is 737. The second kappa shape index (κ2) is 13.0. The molecular formula is C20H27IN4O2. The number of halogens is 1. The molecule has 7 heteroatoms. The van der Waals surface area contributed by atoms with Gasteiger partial charge in [0.05, 0.1) is 25.9 Å². The van der Waals surface area contributed by atoms with Crippen molar-refractivity contribution in [2.45, 2.75) is 20.0 Å². The highest BCUT2D eigenvalue weighted by molar-refractivity contribution is 14.0. The van der Waals surface area contributed by atoms with Crippen molar-refractivity contribution in [3.05, 3.63) is 66.4 Å². The molecule has 0 aliphatic carbocycles. The highest BCUT2D eigenvalue weighted by Crippen LogP contribution is 2.18. The average Bonchev–Trinajstić information content (AvgIpc) is 2.69. The number of hydrogen-bond donors (Lipinski definition) is 2. The van der Waals surface area contributed by atoms with Crippen LogP contribution in [0.5, 0.6) is 11.6 Å². The average molecular weight is 482 g/mol. The summed E-state index contributed by atoms with van der Waals surface area (Å²) < 4.78 is 10.8. The molecule has 6 nitrogen and oxygen atoms in total. The molecule has 0 saturated heterocycles. The molecule has 146 valence electrons.